The Morgan fingerprint density at radius 2 is 2.14 bits per heavy atom. The molecule has 0 unspecified atom stereocenters. The van der Waals surface area contributed by atoms with Gasteiger partial charge in [0.2, 0.25) is 11.8 Å². The number of hydrogen-bond donors (Lipinski definition) is 2. The highest BCUT2D eigenvalue weighted by Crippen LogP contribution is 2.42. The molecule has 1 aliphatic rings. The fourth-order valence-corrected chi connectivity index (χ4v) is 2.69. The largest absolute Gasteiger partial charge is 0.420 e. The topological polar surface area (TPSA) is 87.7 Å². The molecule has 1 aliphatic heterocycles. The summed E-state index contributed by atoms with van der Waals surface area (Å²) in [5.41, 5.74) is 8.99. The molecule has 106 valence electrons. The van der Waals surface area contributed by atoms with Crippen molar-refractivity contribution >= 4 is 11.6 Å². The molecular formula is C15H13ClN4O. The number of fused-ring (bicyclic) bond motifs is 1. The molecule has 3 rings (SSSR count). The lowest BCUT2D eigenvalue weighted by Gasteiger charge is -2.23. The van der Waals surface area contributed by atoms with Gasteiger partial charge in [-0.15, -0.1) is 5.10 Å². The van der Waals surface area contributed by atoms with Gasteiger partial charge in [-0.2, -0.15) is 5.26 Å². The molecule has 0 saturated heterocycles. The van der Waals surface area contributed by atoms with Gasteiger partial charge in [0, 0.05) is 16.3 Å². The number of hydrogen-bond acceptors (Lipinski definition) is 4. The highest BCUT2D eigenvalue weighted by atomic mass is 35.5. The van der Waals surface area contributed by atoms with Gasteiger partial charge in [-0.1, -0.05) is 30.7 Å². The van der Waals surface area contributed by atoms with Gasteiger partial charge >= 0.3 is 0 Å². The van der Waals surface area contributed by atoms with Gasteiger partial charge in [-0.3, -0.25) is 5.10 Å². The second-order valence-corrected chi connectivity index (χ2v) is 5.19. The van der Waals surface area contributed by atoms with Crippen molar-refractivity contribution in [1.82, 2.24) is 10.2 Å². The summed E-state index contributed by atoms with van der Waals surface area (Å²) in [6.45, 7) is 2.01. The Bertz CT molecular complexity index is 755. The number of aryl methyl sites for hydroxylation is 1. The van der Waals surface area contributed by atoms with Gasteiger partial charge in [0.1, 0.15) is 11.6 Å². The monoisotopic (exact) mass is 300 g/mol. The zero-order chi connectivity index (χ0) is 15.0. The van der Waals surface area contributed by atoms with E-state index in [0.29, 0.717) is 16.5 Å². The second-order valence-electron chi connectivity index (χ2n) is 4.75. The van der Waals surface area contributed by atoms with Crippen molar-refractivity contribution in [3.8, 4) is 11.9 Å². The van der Waals surface area contributed by atoms with E-state index in [9.17, 15) is 5.26 Å². The number of nitrogens with zero attached hydrogens (tertiary/aromatic N) is 2. The zero-order valence-electron chi connectivity index (χ0n) is 11.4. The van der Waals surface area contributed by atoms with Crippen LogP contribution in [0.15, 0.2) is 35.7 Å². The Balaban J connectivity index is 2.22. The predicted octanol–water partition coefficient (Wildman–Crippen LogP) is 2.84. The van der Waals surface area contributed by atoms with Crippen LogP contribution in [0.2, 0.25) is 5.02 Å². The summed E-state index contributed by atoms with van der Waals surface area (Å²) >= 11 is 5.94. The molecule has 2 aromatic rings. The Morgan fingerprint density at radius 3 is 2.76 bits per heavy atom. The molecule has 2 heterocycles. The van der Waals surface area contributed by atoms with Crippen molar-refractivity contribution in [2.24, 2.45) is 5.73 Å². The maximum absolute atomic E-state index is 9.45. The van der Waals surface area contributed by atoms with Crippen LogP contribution in [0, 0.1) is 11.3 Å². The molecule has 0 bridgehead atoms. The van der Waals surface area contributed by atoms with Crippen LogP contribution in [-0.2, 0) is 6.42 Å². The molecule has 1 aromatic carbocycles. The predicted molar refractivity (Wildman–Crippen MR) is 78.7 cm³/mol. The van der Waals surface area contributed by atoms with E-state index in [0.717, 1.165) is 23.2 Å². The highest BCUT2D eigenvalue weighted by molar-refractivity contribution is 6.30. The molecule has 0 saturated carbocycles. The summed E-state index contributed by atoms with van der Waals surface area (Å²) in [6, 6.07) is 9.52. The van der Waals surface area contributed by atoms with Crippen molar-refractivity contribution < 1.29 is 4.74 Å². The Labute approximate surface area is 127 Å². The molecule has 1 atom stereocenters. The van der Waals surface area contributed by atoms with Gasteiger partial charge in [-0.05, 0) is 24.1 Å². The van der Waals surface area contributed by atoms with Crippen LogP contribution in [0.1, 0.15) is 29.7 Å². The van der Waals surface area contributed by atoms with E-state index in [1.807, 2.05) is 19.1 Å². The van der Waals surface area contributed by atoms with Gasteiger partial charge < -0.3 is 10.5 Å². The third-order valence-corrected chi connectivity index (χ3v) is 3.83. The number of nitrogens with one attached hydrogen (secondary N) is 1. The molecule has 6 heteroatoms. The molecule has 0 aliphatic carbocycles. The first kappa shape index (κ1) is 13.5. The maximum Gasteiger partial charge on any atom is 0.244 e. The van der Waals surface area contributed by atoms with E-state index in [4.69, 9.17) is 22.1 Å². The normalized spacial score (nSPS) is 17.1. The zero-order valence-corrected chi connectivity index (χ0v) is 12.1. The first-order chi connectivity index (χ1) is 10.2. The number of nitriles is 1. The van der Waals surface area contributed by atoms with E-state index in [2.05, 4.69) is 16.3 Å². The van der Waals surface area contributed by atoms with Gasteiger partial charge in [0.05, 0.1) is 5.92 Å². The van der Waals surface area contributed by atoms with E-state index in [1.165, 1.54) is 0 Å². The molecule has 0 radical (unpaired) electrons. The van der Waals surface area contributed by atoms with Gasteiger partial charge in [-0.25, -0.2) is 0 Å². The van der Waals surface area contributed by atoms with Crippen molar-refractivity contribution in [2.45, 2.75) is 19.3 Å². The molecule has 5 nitrogen and oxygen atoms in total. The number of rotatable bonds is 2. The molecule has 0 spiro atoms. The standard InChI is InChI=1S/C15H13ClN4O/c1-2-11-13-12(8-3-5-9(16)6-4-8)10(7-17)14(18)21-15(13)20-19-11/h3-6,12H,2,18H2,1H3,(H,19,20)/t12-/m0/s1. The fraction of sp³-hybridized carbons (Fsp3) is 0.200. The number of ether oxygens (including phenoxy) is 1. The Hall–Kier alpha value is -2.45. The van der Waals surface area contributed by atoms with E-state index >= 15 is 0 Å². The minimum absolute atomic E-state index is 0.0964. The Kier molecular flexibility index (Phi) is 3.32. The number of H-pyrrole nitrogens is 1. The summed E-state index contributed by atoms with van der Waals surface area (Å²) in [4.78, 5) is 0. The number of halogens is 1. The number of aromatic nitrogens is 2. The second kappa shape index (κ2) is 5.15. The van der Waals surface area contributed by atoms with Crippen LogP contribution in [0.25, 0.3) is 0 Å². The van der Waals surface area contributed by atoms with Crippen LogP contribution < -0.4 is 10.5 Å². The smallest absolute Gasteiger partial charge is 0.244 e. The lowest BCUT2D eigenvalue weighted by molar-refractivity contribution is 0.378. The quantitative estimate of drug-likeness (QED) is 0.892. The first-order valence-corrected chi connectivity index (χ1v) is 6.93. The van der Waals surface area contributed by atoms with Crippen LogP contribution in [-0.4, -0.2) is 10.2 Å². The Morgan fingerprint density at radius 1 is 1.43 bits per heavy atom. The van der Waals surface area contributed by atoms with E-state index < -0.39 is 0 Å². The minimum Gasteiger partial charge on any atom is -0.420 e. The number of benzene rings is 1. The average Bonchev–Trinajstić information content (AvgIpc) is 2.89. The van der Waals surface area contributed by atoms with Crippen LogP contribution >= 0.6 is 11.6 Å². The SMILES string of the molecule is CCc1[nH]nc2c1[C@@H](c1ccc(Cl)cc1)C(C#N)=C(N)O2. The minimum atomic E-state index is -0.287. The van der Waals surface area contributed by atoms with E-state index in [1.54, 1.807) is 12.1 Å². The van der Waals surface area contributed by atoms with E-state index in [-0.39, 0.29) is 11.8 Å². The highest BCUT2D eigenvalue weighted by Gasteiger charge is 2.34. The summed E-state index contributed by atoms with van der Waals surface area (Å²) in [6.07, 6.45) is 0.758. The molecule has 1 aromatic heterocycles. The molecular weight excluding hydrogens is 288 g/mol. The summed E-state index contributed by atoms with van der Waals surface area (Å²) < 4.78 is 5.46. The average molecular weight is 301 g/mol. The maximum atomic E-state index is 9.45. The van der Waals surface area contributed by atoms with Gasteiger partial charge in [0.15, 0.2) is 0 Å². The first-order valence-electron chi connectivity index (χ1n) is 6.55. The molecule has 0 amide bonds. The lowest BCUT2D eigenvalue weighted by Crippen LogP contribution is -2.21. The molecule has 21 heavy (non-hydrogen) atoms. The lowest BCUT2D eigenvalue weighted by atomic mass is 9.84. The third kappa shape index (κ3) is 2.14. The van der Waals surface area contributed by atoms with Gasteiger partial charge in [0.25, 0.3) is 0 Å². The molecule has 3 N–H and O–H groups in total. The number of aromatic amines is 1. The van der Waals surface area contributed by atoms with Crippen molar-refractivity contribution in [2.75, 3.05) is 0 Å². The van der Waals surface area contributed by atoms with Crippen molar-refractivity contribution in [3.63, 3.8) is 0 Å². The summed E-state index contributed by atoms with van der Waals surface area (Å²) in [5.74, 6) is 0.243. The van der Waals surface area contributed by atoms with Crippen LogP contribution in [0.3, 0.4) is 0 Å². The fourth-order valence-electron chi connectivity index (χ4n) is 2.57. The number of nitrogens with two attached hydrogens (primary N) is 1. The molecule has 0 fully saturated rings. The van der Waals surface area contributed by atoms with Crippen molar-refractivity contribution in [1.29, 1.82) is 5.26 Å². The van der Waals surface area contributed by atoms with Crippen molar-refractivity contribution in [3.05, 3.63) is 57.6 Å². The summed E-state index contributed by atoms with van der Waals surface area (Å²) in [7, 11) is 0. The summed E-state index contributed by atoms with van der Waals surface area (Å²) in [5, 5.41) is 17.2. The number of allylic oxidation sites excluding steroid dienone is 1. The van der Waals surface area contributed by atoms with Crippen LogP contribution in [0.5, 0.6) is 5.88 Å². The third-order valence-electron chi connectivity index (χ3n) is 3.57. The van der Waals surface area contributed by atoms with Crippen LogP contribution in [0.4, 0.5) is 0 Å².